The highest BCUT2D eigenvalue weighted by molar-refractivity contribution is 7.26. The van der Waals surface area contributed by atoms with Crippen LogP contribution in [0.5, 0.6) is 0 Å². The lowest BCUT2D eigenvalue weighted by atomic mass is 10.0. The van der Waals surface area contributed by atoms with E-state index in [4.69, 9.17) is 11.6 Å². The number of likely N-dealkylation sites (N-methyl/N-ethyl adjacent to an activating group) is 1. The molecule has 0 amide bonds. The third-order valence-electron chi connectivity index (χ3n) is 3.28. The lowest BCUT2D eigenvalue weighted by molar-refractivity contribution is 0.560. The topological polar surface area (TPSA) is 12.0 Å². The smallest absolute Gasteiger partial charge is 0.126 e. The molecule has 5 heteroatoms. The molecule has 1 N–H and O–H groups in total. The molecule has 2 heterocycles. The first-order valence-corrected chi connectivity index (χ1v) is 8.33. The Kier molecular flexibility index (Phi) is 4.08. The van der Waals surface area contributed by atoms with Crippen LogP contribution in [0.25, 0.3) is 9.40 Å². The Morgan fingerprint density at radius 1 is 1.25 bits per heavy atom. The Labute approximate surface area is 130 Å². The standard InChI is InChI=1S/C15H13ClFNS2/c1-18-12(7-9-6-10(16)2-3-11(9)17)14-8-15-13(20-14)4-5-19-15/h2-6,8,12,18H,7H2,1H3. The minimum atomic E-state index is -0.201. The van der Waals surface area contributed by atoms with E-state index in [2.05, 4.69) is 22.8 Å². The van der Waals surface area contributed by atoms with Crippen LogP contribution >= 0.6 is 34.3 Å². The number of nitrogens with one attached hydrogen (secondary N) is 1. The number of hydrogen-bond acceptors (Lipinski definition) is 3. The molecular formula is C15H13ClFNS2. The molecule has 0 aliphatic rings. The quantitative estimate of drug-likeness (QED) is 0.690. The molecule has 0 aliphatic heterocycles. The maximum atomic E-state index is 13.8. The highest BCUT2D eigenvalue weighted by Gasteiger charge is 2.16. The minimum absolute atomic E-state index is 0.104. The molecule has 0 saturated carbocycles. The second-order valence-corrected chi connectivity index (χ2v) is 7.08. The molecule has 104 valence electrons. The number of thiophene rings is 2. The predicted molar refractivity (Wildman–Crippen MR) is 86.6 cm³/mol. The summed E-state index contributed by atoms with van der Waals surface area (Å²) in [5.74, 6) is -0.201. The summed E-state index contributed by atoms with van der Waals surface area (Å²) in [5, 5.41) is 5.94. The van der Waals surface area contributed by atoms with Crippen LogP contribution < -0.4 is 5.32 Å². The van der Waals surface area contributed by atoms with E-state index < -0.39 is 0 Å². The fraction of sp³-hybridized carbons (Fsp3) is 0.200. The van der Waals surface area contributed by atoms with Gasteiger partial charge in [0.05, 0.1) is 0 Å². The first-order valence-electron chi connectivity index (χ1n) is 6.25. The number of fused-ring (bicyclic) bond motifs is 1. The molecule has 0 aliphatic carbocycles. The second kappa shape index (κ2) is 5.82. The molecule has 1 nitrogen and oxygen atoms in total. The van der Waals surface area contributed by atoms with Gasteiger partial charge in [-0.3, -0.25) is 0 Å². The van der Waals surface area contributed by atoms with E-state index in [0.717, 1.165) is 0 Å². The van der Waals surface area contributed by atoms with Gasteiger partial charge in [0.2, 0.25) is 0 Å². The number of rotatable bonds is 4. The fourth-order valence-corrected chi connectivity index (χ4v) is 4.65. The van der Waals surface area contributed by atoms with E-state index in [1.54, 1.807) is 34.8 Å². The monoisotopic (exact) mass is 325 g/mol. The van der Waals surface area contributed by atoms with Gasteiger partial charge >= 0.3 is 0 Å². The largest absolute Gasteiger partial charge is 0.312 e. The minimum Gasteiger partial charge on any atom is -0.312 e. The first-order chi connectivity index (χ1) is 9.67. The van der Waals surface area contributed by atoms with Crippen LogP contribution in [0, 0.1) is 5.82 Å². The zero-order valence-electron chi connectivity index (χ0n) is 10.8. The summed E-state index contributed by atoms with van der Waals surface area (Å²) in [7, 11) is 1.90. The van der Waals surface area contributed by atoms with Crippen molar-refractivity contribution < 1.29 is 4.39 Å². The summed E-state index contributed by atoms with van der Waals surface area (Å²) in [6, 6.07) is 9.13. The molecule has 3 aromatic rings. The van der Waals surface area contributed by atoms with Gasteiger partial charge in [0.25, 0.3) is 0 Å². The summed E-state index contributed by atoms with van der Waals surface area (Å²) in [4.78, 5) is 1.23. The summed E-state index contributed by atoms with van der Waals surface area (Å²) in [5.41, 5.74) is 0.647. The van der Waals surface area contributed by atoms with Crippen molar-refractivity contribution in [1.82, 2.24) is 5.32 Å². The van der Waals surface area contributed by atoms with Crippen LogP contribution in [0.15, 0.2) is 35.7 Å². The lowest BCUT2D eigenvalue weighted by Crippen LogP contribution is -2.18. The van der Waals surface area contributed by atoms with Crippen LogP contribution in [0.2, 0.25) is 5.02 Å². The predicted octanol–water partition coefficient (Wildman–Crippen LogP) is 5.26. The van der Waals surface area contributed by atoms with Crippen molar-refractivity contribution in [3.8, 4) is 0 Å². The molecule has 0 saturated heterocycles. The van der Waals surface area contributed by atoms with Crippen molar-refractivity contribution in [2.24, 2.45) is 0 Å². The number of halogens is 2. The third-order valence-corrected chi connectivity index (χ3v) is 5.72. The molecule has 0 fully saturated rings. The second-order valence-electron chi connectivity index (χ2n) is 4.58. The molecule has 2 aromatic heterocycles. The molecule has 1 aromatic carbocycles. The fourth-order valence-electron chi connectivity index (χ4n) is 2.22. The third kappa shape index (κ3) is 2.74. The SMILES string of the molecule is CNC(Cc1cc(Cl)ccc1F)c1cc2sccc2s1. The van der Waals surface area contributed by atoms with Gasteiger partial charge in [-0.05, 0) is 54.7 Å². The Balaban J connectivity index is 1.90. The van der Waals surface area contributed by atoms with Crippen molar-refractivity contribution in [3.05, 3.63) is 57.0 Å². The van der Waals surface area contributed by atoms with Crippen molar-refractivity contribution >= 4 is 43.7 Å². The summed E-state index contributed by atoms with van der Waals surface area (Å²) in [6.07, 6.45) is 0.594. The van der Waals surface area contributed by atoms with Gasteiger partial charge in [-0.25, -0.2) is 4.39 Å². The highest BCUT2D eigenvalue weighted by Crippen LogP contribution is 2.34. The molecule has 0 spiro atoms. The van der Waals surface area contributed by atoms with Crippen LogP contribution in [0.4, 0.5) is 4.39 Å². The Morgan fingerprint density at radius 2 is 2.10 bits per heavy atom. The van der Waals surface area contributed by atoms with Crippen LogP contribution in [-0.4, -0.2) is 7.05 Å². The maximum absolute atomic E-state index is 13.8. The van der Waals surface area contributed by atoms with Gasteiger partial charge in [-0.2, -0.15) is 0 Å². The zero-order valence-corrected chi connectivity index (χ0v) is 13.2. The van der Waals surface area contributed by atoms with Crippen molar-refractivity contribution in [1.29, 1.82) is 0 Å². The van der Waals surface area contributed by atoms with E-state index in [-0.39, 0.29) is 11.9 Å². The van der Waals surface area contributed by atoms with Crippen LogP contribution in [-0.2, 0) is 6.42 Å². The van der Waals surface area contributed by atoms with Crippen LogP contribution in [0.3, 0.4) is 0 Å². The molecular weight excluding hydrogens is 313 g/mol. The highest BCUT2D eigenvalue weighted by atomic mass is 35.5. The lowest BCUT2D eigenvalue weighted by Gasteiger charge is -2.15. The van der Waals surface area contributed by atoms with E-state index in [0.29, 0.717) is 17.0 Å². The maximum Gasteiger partial charge on any atom is 0.126 e. The van der Waals surface area contributed by atoms with Crippen molar-refractivity contribution in [3.63, 3.8) is 0 Å². The average Bonchev–Trinajstić information content (AvgIpc) is 3.00. The van der Waals surface area contributed by atoms with Crippen LogP contribution in [0.1, 0.15) is 16.5 Å². The number of benzene rings is 1. The normalized spacial score (nSPS) is 12.9. The Morgan fingerprint density at radius 3 is 2.85 bits per heavy atom. The van der Waals surface area contributed by atoms with Crippen molar-refractivity contribution in [2.45, 2.75) is 12.5 Å². The summed E-state index contributed by atoms with van der Waals surface area (Å²) >= 11 is 9.45. The van der Waals surface area contributed by atoms with E-state index in [1.165, 1.54) is 20.3 Å². The molecule has 0 bridgehead atoms. The summed E-state index contributed by atoms with van der Waals surface area (Å²) in [6.45, 7) is 0. The first kappa shape index (κ1) is 14.0. The molecule has 20 heavy (non-hydrogen) atoms. The van der Waals surface area contributed by atoms with Gasteiger partial charge < -0.3 is 5.32 Å². The molecule has 1 atom stereocenters. The van der Waals surface area contributed by atoms with Gasteiger partial charge in [0, 0.05) is 25.3 Å². The van der Waals surface area contributed by atoms with Gasteiger partial charge in [-0.1, -0.05) is 11.6 Å². The molecule has 3 rings (SSSR count). The van der Waals surface area contributed by atoms with Gasteiger partial charge in [0.1, 0.15) is 5.82 Å². The number of hydrogen-bond donors (Lipinski definition) is 1. The average molecular weight is 326 g/mol. The van der Waals surface area contributed by atoms with E-state index in [9.17, 15) is 4.39 Å². The van der Waals surface area contributed by atoms with E-state index in [1.807, 2.05) is 7.05 Å². The molecule has 1 unspecified atom stereocenters. The molecule has 0 radical (unpaired) electrons. The van der Waals surface area contributed by atoms with Gasteiger partial charge in [-0.15, -0.1) is 22.7 Å². The van der Waals surface area contributed by atoms with Gasteiger partial charge in [0.15, 0.2) is 0 Å². The van der Waals surface area contributed by atoms with Crippen molar-refractivity contribution in [2.75, 3.05) is 7.05 Å². The zero-order chi connectivity index (χ0) is 14.1. The summed E-state index contributed by atoms with van der Waals surface area (Å²) < 4.78 is 16.4. The van der Waals surface area contributed by atoms with E-state index >= 15 is 0 Å². The Hall–Kier alpha value is -0.940. The Bertz CT molecular complexity index is 706.